The minimum atomic E-state index is 0.0710. The Morgan fingerprint density at radius 2 is 2.38 bits per heavy atom. The second-order valence-electron chi connectivity index (χ2n) is 3.67. The third-order valence-corrected chi connectivity index (χ3v) is 2.19. The summed E-state index contributed by atoms with van der Waals surface area (Å²) in [6.45, 7) is 5.04. The van der Waals surface area contributed by atoms with Gasteiger partial charge < -0.3 is 19.2 Å². The van der Waals surface area contributed by atoms with Crippen molar-refractivity contribution < 1.29 is 13.9 Å². The fourth-order valence-electron chi connectivity index (χ4n) is 1.39. The zero-order valence-electron chi connectivity index (χ0n) is 10.1. The Kier molecular flexibility index (Phi) is 6.88. The van der Waals surface area contributed by atoms with Crippen molar-refractivity contribution in [1.82, 2.24) is 5.32 Å². The van der Waals surface area contributed by atoms with E-state index in [4.69, 9.17) is 13.9 Å². The van der Waals surface area contributed by atoms with Gasteiger partial charge in [-0.15, -0.1) is 0 Å². The lowest BCUT2D eigenvalue weighted by Gasteiger charge is -2.16. The summed E-state index contributed by atoms with van der Waals surface area (Å²) < 4.78 is 16.0. The first-order chi connectivity index (χ1) is 7.86. The number of methoxy groups -OCH3 is 1. The highest BCUT2D eigenvalue weighted by Crippen LogP contribution is 2.04. The molecule has 0 aliphatic heterocycles. The summed E-state index contributed by atoms with van der Waals surface area (Å²) in [6, 6.07) is 3.77. The highest BCUT2D eigenvalue weighted by molar-refractivity contribution is 4.96. The molecule has 0 aliphatic rings. The first-order valence-corrected chi connectivity index (χ1v) is 5.70. The first kappa shape index (κ1) is 13.2. The van der Waals surface area contributed by atoms with Crippen molar-refractivity contribution in [2.24, 2.45) is 0 Å². The van der Waals surface area contributed by atoms with Crippen molar-refractivity contribution in [3.05, 3.63) is 24.2 Å². The largest absolute Gasteiger partial charge is 0.467 e. The lowest BCUT2D eigenvalue weighted by atomic mass is 10.3. The monoisotopic (exact) mass is 227 g/mol. The molecule has 0 radical (unpaired) electrons. The molecule has 16 heavy (non-hydrogen) atoms. The summed E-state index contributed by atoms with van der Waals surface area (Å²) >= 11 is 0. The van der Waals surface area contributed by atoms with Crippen molar-refractivity contribution in [1.29, 1.82) is 0 Å². The van der Waals surface area contributed by atoms with Gasteiger partial charge in [0.25, 0.3) is 0 Å². The molecule has 0 saturated heterocycles. The van der Waals surface area contributed by atoms with Gasteiger partial charge in [-0.25, -0.2) is 0 Å². The summed E-state index contributed by atoms with van der Waals surface area (Å²) in [7, 11) is 1.68. The van der Waals surface area contributed by atoms with E-state index in [0.29, 0.717) is 13.2 Å². The molecule has 1 heterocycles. The zero-order valence-corrected chi connectivity index (χ0v) is 10.1. The van der Waals surface area contributed by atoms with Gasteiger partial charge in [-0.1, -0.05) is 6.92 Å². The van der Waals surface area contributed by atoms with Crippen LogP contribution in [-0.4, -0.2) is 32.9 Å². The summed E-state index contributed by atoms with van der Waals surface area (Å²) in [4.78, 5) is 0. The molecule has 4 nitrogen and oxygen atoms in total. The van der Waals surface area contributed by atoms with Gasteiger partial charge in [0.2, 0.25) is 0 Å². The topological polar surface area (TPSA) is 43.6 Å². The van der Waals surface area contributed by atoms with Crippen LogP contribution in [-0.2, 0) is 16.1 Å². The molecule has 1 unspecified atom stereocenters. The molecule has 0 aromatic carbocycles. The average Bonchev–Trinajstić information content (AvgIpc) is 2.79. The van der Waals surface area contributed by atoms with Crippen LogP contribution in [0.3, 0.4) is 0 Å². The van der Waals surface area contributed by atoms with E-state index < -0.39 is 0 Å². The minimum Gasteiger partial charge on any atom is -0.467 e. The highest BCUT2D eigenvalue weighted by atomic mass is 16.5. The molecule has 0 bridgehead atoms. The van der Waals surface area contributed by atoms with Crippen LogP contribution >= 0.6 is 0 Å². The molecule has 92 valence electrons. The number of ether oxygens (including phenoxy) is 2. The van der Waals surface area contributed by atoms with Gasteiger partial charge in [0.15, 0.2) is 0 Å². The van der Waals surface area contributed by atoms with Crippen molar-refractivity contribution in [2.45, 2.75) is 26.1 Å². The second-order valence-corrected chi connectivity index (χ2v) is 3.67. The summed E-state index contributed by atoms with van der Waals surface area (Å²) in [5.41, 5.74) is 0. The maximum Gasteiger partial charge on any atom is 0.129 e. The van der Waals surface area contributed by atoms with Crippen LogP contribution in [0.5, 0.6) is 0 Å². The van der Waals surface area contributed by atoms with E-state index in [1.165, 1.54) is 0 Å². The maximum atomic E-state index is 5.69. The third kappa shape index (κ3) is 5.30. The summed E-state index contributed by atoms with van der Waals surface area (Å²) in [6.07, 6.45) is 2.85. The average molecular weight is 227 g/mol. The Hall–Kier alpha value is -0.840. The van der Waals surface area contributed by atoms with Crippen molar-refractivity contribution >= 4 is 0 Å². The highest BCUT2D eigenvalue weighted by Gasteiger charge is 2.09. The van der Waals surface area contributed by atoms with Gasteiger partial charge in [0.05, 0.1) is 19.0 Å². The van der Waals surface area contributed by atoms with Crippen LogP contribution < -0.4 is 5.32 Å². The third-order valence-electron chi connectivity index (χ3n) is 2.19. The van der Waals surface area contributed by atoms with Crippen LogP contribution in [0.15, 0.2) is 22.8 Å². The lowest BCUT2D eigenvalue weighted by molar-refractivity contribution is -0.0159. The number of hydrogen-bond donors (Lipinski definition) is 1. The van der Waals surface area contributed by atoms with E-state index in [9.17, 15) is 0 Å². The van der Waals surface area contributed by atoms with E-state index in [0.717, 1.165) is 25.3 Å². The Morgan fingerprint density at radius 3 is 3.00 bits per heavy atom. The Balaban J connectivity index is 2.21. The van der Waals surface area contributed by atoms with Gasteiger partial charge in [0.1, 0.15) is 12.4 Å². The van der Waals surface area contributed by atoms with Crippen LogP contribution in [0, 0.1) is 0 Å². The van der Waals surface area contributed by atoms with E-state index in [-0.39, 0.29) is 6.10 Å². The van der Waals surface area contributed by atoms with E-state index in [2.05, 4.69) is 12.2 Å². The zero-order chi connectivity index (χ0) is 11.6. The van der Waals surface area contributed by atoms with Gasteiger partial charge in [-0.05, 0) is 25.1 Å². The molecule has 0 fully saturated rings. The first-order valence-electron chi connectivity index (χ1n) is 5.70. The standard InChI is InChI=1S/C12H21NO3/c1-3-6-13-8-12(9-14-2)16-10-11-5-4-7-15-11/h4-5,7,12-13H,3,6,8-10H2,1-2H3. The fourth-order valence-corrected chi connectivity index (χ4v) is 1.39. The molecule has 1 aromatic heterocycles. The smallest absolute Gasteiger partial charge is 0.129 e. The number of nitrogens with one attached hydrogen (secondary N) is 1. The van der Waals surface area contributed by atoms with E-state index >= 15 is 0 Å². The van der Waals surface area contributed by atoms with Gasteiger partial charge in [0, 0.05) is 13.7 Å². The summed E-state index contributed by atoms with van der Waals surface area (Å²) in [5.74, 6) is 0.844. The molecule has 0 amide bonds. The lowest BCUT2D eigenvalue weighted by Crippen LogP contribution is -2.32. The molecule has 0 spiro atoms. The van der Waals surface area contributed by atoms with E-state index in [1.807, 2.05) is 12.1 Å². The molecule has 0 aliphatic carbocycles. The van der Waals surface area contributed by atoms with Crippen LogP contribution in [0.25, 0.3) is 0 Å². The number of rotatable bonds is 9. The minimum absolute atomic E-state index is 0.0710. The van der Waals surface area contributed by atoms with Crippen LogP contribution in [0.1, 0.15) is 19.1 Å². The van der Waals surface area contributed by atoms with Crippen LogP contribution in [0.2, 0.25) is 0 Å². The van der Waals surface area contributed by atoms with Gasteiger partial charge in [-0.2, -0.15) is 0 Å². The Morgan fingerprint density at radius 1 is 1.50 bits per heavy atom. The summed E-state index contributed by atoms with van der Waals surface area (Å²) in [5, 5.41) is 3.31. The second kappa shape index (κ2) is 8.33. The van der Waals surface area contributed by atoms with Crippen LogP contribution in [0.4, 0.5) is 0 Å². The molecule has 1 N–H and O–H groups in total. The van der Waals surface area contributed by atoms with Crippen molar-refractivity contribution in [2.75, 3.05) is 26.8 Å². The fraction of sp³-hybridized carbons (Fsp3) is 0.667. The SMILES string of the molecule is CCCNCC(COC)OCc1ccco1. The van der Waals surface area contributed by atoms with Gasteiger partial charge >= 0.3 is 0 Å². The van der Waals surface area contributed by atoms with Crippen molar-refractivity contribution in [3.8, 4) is 0 Å². The molecule has 1 rings (SSSR count). The van der Waals surface area contributed by atoms with Crippen molar-refractivity contribution in [3.63, 3.8) is 0 Å². The molecular formula is C12H21NO3. The number of furan rings is 1. The quantitative estimate of drug-likeness (QED) is 0.653. The number of hydrogen-bond acceptors (Lipinski definition) is 4. The Labute approximate surface area is 96.9 Å². The molecule has 4 heteroatoms. The molecule has 1 aromatic rings. The van der Waals surface area contributed by atoms with E-state index in [1.54, 1.807) is 13.4 Å². The predicted octanol–water partition coefficient (Wildman–Crippen LogP) is 1.81. The maximum absolute atomic E-state index is 5.69. The molecule has 0 saturated carbocycles. The normalized spacial score (nSPS) is 12.9. The Bertz CT molecular complexity index is 249. The predicted molar refractivity (Wildman–Crippen MR) is 62.3 cm³/mol. The van der Waals surface area contributed by atoms with Gasteiger partial charge in [-0.3, -0.25) is 0 Å². The molecule has 1 atom stereocenters. The molecular weight excluding hydrogens is 206 g/mol.